The molecule has 4 rings (SSSR count). The zero-order chi connectivity index (χ0) is 15.3. The number of carbonyl (C=O) groups excluding carboxylic acids is 2. The molecule has 2 aromatic heterocycles. The van der Waals surface area contributed by atoms with Gasteiger partial charge in [0.1, 0.15) is 5.82 Å². The maximum absolute atomic E-state index is 12.7. The molecule has 2 amide bonds. The maximum Gasteiger partial charge on any atom is 0.255 e. The molecule has 2 saturated heterocycles. The maximum atomic E-state index is 12.7. The number of nitrogens with one attached hydrogen (secondary N) is 1. The predicted octanol–water partition coefficient (Wildman–Crippen LogP) is 0.390. The Bertz CT molecular complexity index is 783. The van der Waals surface area contributed by atoms with Gasteiger partial charge in [-0.2, -0.15) is 0 Å². The normalized spacial score (nSPS) is 24.4. The summed E-state index contributed by atoms with van der Waals surface area (Å²) in [6.45, 7) is 3.88. The Balaban J connectivity index is 1.58. The molecule has 2 aromatic rings. The monoisotopic (exact) mass is 299 g/mol. The van der Waals surface area contributed by atoms with Crippen LogP contribution in [-0.2, 0) is 4.79 Å². The van der Waals surface area contributed by atoms with Gasteiger partial charge in [0.2, 0.25) is 5.91 Å². The first kappa shape index (κ1) is 13.2. The third-order valence-electron chi connectivity index (χ3n) is 4.74. The number of pyridine rings is 1. The molecule has 7 nitrogen and oxygen atoms in total. The van der Waals surface area contributed by atoms with E-state index in [1.165, 1.54) is 0 Å². The average molecular weight is 299 g/mol. The van der Waals surface area contributed by atoms with Gasteiger partial charge < -0.3 is 10.2 Å². The lowest BCUT2D eigenvalue weighted by Gasteiger charge is -2.21. The van der Waals surface area contributed by atoms with E-state index in [9.17, 15) is 9.59 Å². The van der Waals surface area contributed by atoms with Crippen molar-refractivity contribution in [3.8, 4) is 0 Å². The average Bonchev–Trinajstić information content (AvgIpc) is 3.20. The third-order valence-corrected chi connectivity index (χ3v) is 4.74. The molecule has 4 heterocycles. The van der Waals surface area contributed by atoms with Gasteiger partial charge in [-0.05, 0) is 25.5 Å². The summed E-state index contributed by atoms with van der Waals surface area (Å²) in [6, 6.07) is 3.59. The standard InChI is InChI=1S/C15H17N5O2/c1-10-17-18-12-3-2-11(7-20(10)12)14(22)19-5-4-15(9-19)6-13(21)16-8-15/h2-3,7H,4-6,8-9H2,1H3,(H,16,21). The van der Waals surface area contributed by atoms with E-state index in [-0.39, 0.29) is 17.2 Å². The van der Waals surface area contributed by atoms with Crippen molar-refractivity contribution in [3.05, 3.63) is 29.7 Å². The van der Waals surface area contributed by atoms with Crippen molar-refractivity contribution in [3.63, 3.8) is 0 Å². The highest BCUT2D eigenvalue weighted by molar-refractivity contribution is 5.94. The summed E-state index contributed by atoms with van der Waals surface area (Å²) in [5.74, 6) is 0.857. The van der Waals surface area contributed by atoms with E-state index in [1.807, 2.05) is 16.2 Å². The Hall–Kier alpha value is -2.44. The van der Waals surface area contributed by atoms with E-state index in [0.717, 1.165) is 17.9 Å². The molecule has 114 valence electrons. The number of fused-ring (bicyclic) bond motifs is 1. The van der Waals surface area contributed by atoms with Crippen molar-refractivity contribution < 1.29 is 9.59 Å². The second kappa shape index (κ2) is 4.53. The van der Waals surface area contributed by atoms with Gasteiger partial charge in [-0.1, -0.05) is 0 Å². The van der Waals surface area contributed by atoms with E-state index >= 15 is 0 Å². The molecule has 0 saturated carbocycles. The molecule has 22 heavy (non-hydrogen) atoms. The molecule has 0 aromatic carbocycles. The highest BCUT2D eigenvalue weighted by Crippen LogP contribution is 2.37. The van der Waals surface area contributed by atoms with E-state index in [2.05, 4.69) is 15.5 Å². The van der Waals surface area contributed by atoms with Crippen molar-refractivity contribution in [2.24, 2.45) is 5.41 Å². The number of hydrogen-bond donors (Lipinski definition) is 1. The van der Waals surface area contributed by atoms with Crippen molar-refractivity contribution in [1.29, 1.82) is 0 Å². The molecule has 7 heteroatoms. The van der Waals surface area contributed by atoms with Crippen LogP contribution in [0.2, 0.25) is 0 Å². The van der Waals surface area contributed by atoms with Crippen molar-refractivity contribution in [2.45, 2.75) is 19.8 Å². The Kier molecular flexibility index (Phi) is 2.72. The van der Waals surface area contributed by atoms with Crippen LogP contribution in [0.15, 0.2) is 18.3 Å². The van der Waals surface area contributed by atoms with Crippen LogP contribution >= 0.6 is 0 Å². The lowest BCUT2D eigenvalue weighted by atomic mass is 9.86. The second-order valence-electron chi connectivity index (χ2n) is 6.32. The van der Waals surface area contributed by atoms with E-state index in [0.29, 0.717) is 31.6 Å². The van der Waals surface area contributed by atoms with Crippen LogP contribution in [0.5, 0.6) is 0 Å². The number of amides is 2. The van der Waals surface area contributed by atoms with Crippen LogP contribution in [0.3, 0.4) is 0 Å². The first-order valence-corrected chi connectivity index (χ1v) is 7.44. The first-order chi connectivity index (χ1) is 10.6. The van der Waals surface area contributed by atoms with Crippen LogP contribution in [0.25, 0.3) is 5.65 Å². The number of hydrogen-bond acceptors (Lipinski definition) is 4. The molecule has 0 aliphatic carbocycles. The molecule has 0 radical (unpaired) electrons. The minimum absolute atomic E-state index is 0.00576. The van der Waals surface area contributed by atoms with Crippen LogP contribution in [0.4, 0.5) is 0 Å². The molecule has 1 atom stereocenters. The van der Waals surface area contributed by atoms with Gasteiger partial charge in [-0.15, -0.1) is 10.2 Å². The molecular formula is C15H17N5O2. The largest absolute Gasteiger partial charge is 0.355 e. The second-order valence-corrected chi connectivity index (χ2v) is 6.32. The van der Waals surface area contributed by atoms with Gasteiger partial charge >= 0.3 is 0 Å². The summed E-state index contributed by atoms with van der Waals surface area (Å²) in [4.78, 5) is 26.0. The summed E-state index contributed by atoms with van der Waals surface area (Å²) in [7, 11) is 0. The summed E-state index contributed by atoms with van der Waals surface area (Å²) in [5, 5.41) is 10.9. The molecule has 1 unspecified atom stereocenters. The molecule has 1 N–H and O–H groups in total. The van der Waals surface area contributed by atoms with Crippen LogP contribution in [0.1, 0.15) is 29.0 Å². The molecular weight excluding hydrogens is 282 g/mol. The molecule has 0 bridgehead atoms. The Labute approximate surface area is 127 Å². The van der Waals surface area contributed by atoms with Gasteiger partial charge in [0.25, 0.3) is 5.91 Å². The summed E-state index contributed by atoms with van der Waals surface area (Å²) in [5.41, 5.74) is 1.30. The predicted molar refractivity (Wildman–Crippen MR) is 78.3 cm³/mol. The quantitative estimate of drug-likeness (QED) is 0.826. The van der Waals surface area contributed by atoms with Gasteiger partial charge in [-0.3, -0.25) is 14.0 Å². The van der Waals surface area contributed by atoms with Gasteiger partial charge in [-0.25, -0.2) is 0 Å². The molecule has 1 spiro atoms. The van der Waals surface area contributed by atoms with Crippen LogP contribution < -0.4 is 5.32 Å². The van der Waals surface area contributed by atoms with Crippen LogP contribution in [0, 0.1) is 12.3 Å². The lowest BCUT2D eigenvalue weighted by molar-refractivity contribution is -0.119. The minimum atomic E-state index is -0.0661. The van der Waals surface area contributed by atoms with Gasteiger partial charge in [0.15, 0.2) is 5.65 Å². The topological polar surface area (TPSA) is 79.6 Å². The molecule has 2 aliphatic heterocycles. The highest BCUT2D eigenvalue weighted by Gasteiger charge is 2.45. The minimum Gasteiger partial charge on any atom is -0.355 e. The fourth-order valence-corrected chi connectivity index (χ4v) is 3.46. The van der Waals surface area contributed by atoms with Gasteiger partial charge in [0.05, 0.1) is 5.56 Å². The number of aryl methyl sites for hydroxylation is 1. The van der Waals surface area contributed by atoms with E-state index < -0.39 is 0 Å². The van der Waals surface area contributed by atoms with Crippen molar-refractivity contribution in [2.75, 3.05) is 19.6 Å². The molecule has 2 fully saturated rings. The lowest BCUT2D eigenvalue weighted by Crippen LogP contribution is -2.33. The summed E-state index contributed by atoms with van der Waals surface area (Å²) < 4.78 is 1.82. The zero-order valence-corrected chi connectivity index (χ0v) is 12.4. The van der Waals surface area contributed by atoms with Gasteiger partial charge in [0, 0.05) is 37.7 Å². The number of likely N-dealkylation sites (tertiary alicyclic amines) is 1. The number of carbonyl (C=O) groups is 2. The SMILES string of the molecule is Cc1nnc2ccc(C(=O)N3CCC4(CNC(=O)C4)C3)cn12. The van der Waals surface area contributed by atoms with E-state index in [4.69, 9.17) is 0 Å². The summed E-state index contributed by atoms with van der Waals surface area (Å²) >= 11 is 0. The highest BCUT2D eigenvalue weighted by atomic mass is 16.2. The molecule has 2 aliphatic rings. The number of rotatable bonds is 1. The number of aromatic nitrogens is 3. The first-order valence-electron chi connectivity index (χ1n) is 7.44. The fraction of sp³-hybridized carbons (Fsp3) is 0.467. The van der Waals surface area contributed by atoms with E-state index in [1.54, 1.807) is 18.3 Å². The Morgan fingerprint density at radius 2 is 2.23 bits per heavy atom. The number of nitrogens with zero attached hydrogens (tertiary/aromatic N) is 4. The van der Waals surface area contributed by atoms with Crippen LogP contribution in [-0.4, -0.2) is 50.9 Å². The Morgan fingerprint density at radius 3 is 3.00 bits per heavy atom. The third kappa shape index (κ3) is 1.96. The summed E-state index contributed by atoms with van der Waals surface area (Å²) in [6.07, 6.45) is 3.20. The smallest absolute Gasteiger partial charge is 0.255 e. The van der Waals surface area contributed by atoms with Crippen molar-refractivity contribution in [1.82, 2.24) is 24.8 Å². The van der Waals surface area contributed by atoms with Crippen molar-refractivity contribution >= 4 is 17.5 Å². The Morgan fingerprint density at radius 1 is 1.36 bits per heavy atom. The fourth-order valence-electron chi connectivity index (χ4n) is 3.46. The zero-order valence-electron chi connectivity index (χ0n) is 12.4.